The Morgan fingerprint density at radius 1 is 0.462 bits per heavy atom. The van der Waals surface area contributed by atoms with Crippen molar-refractivity contribution in [1.82, 2.24) is 0 Å². The predicted octanol–water partition coefficient (Wildman–Crippen LogP) is 6.56. The molecule has 0 saturated carbocycles. The van der Waals surface area contributed by atoms with Crippen LogP contribution in [0.15, 0.2) is 103 Å². The lowest BCUT2D eigenvalue weighted by atomic mass is 9.87. The van der Waals surface area contributed by atoms with Crippen molar-refractivity contribution in [3.05, 3.63) is 109 Å². The molecule has 4 aromatic carbocycles. The number of benzene rings is 4. The van der Waals surface area contributed by atoms with Gasteiger partial charge < -0.3 is 0 Å². The van der Waals surface area contributed by atoms with Gasteiger partial charge in [0.15, 0.2) is 0 Å². The van der Waals surface area contributed by atoms with Crippen LogP contribution < -0.4 is 0 Å². The fourth-order valence-electron chi connectivity index (χ4n) is 3.29. The Morgan fingerprint density at radius 3 is 1.50 bits per heavy atom. The molecule has 0 aliphatic carbocycles. The van der Waals surface area contributed by atoms with Crippen molar-refractivity contribution in [3.63, 3.8) is 0 Å². The van der Waals surface area contributed by atoms with E-state index in [4.69, 9.17) is 5.26 Å². The van der Waals surface area contributed by atoms with Crippen LogP contribution in [0.5, 0.6) is 0 Å². The summed E-state index contributed by atoms with van der Waals surface area (Å²) in [5, 5.41) is 9.07. The smallest absolute Gasteiger partial charge is 0.0991 e. The fourth-order valence-corrected chi connectivity index (χ4v) is 3.29. The van der Waals surface area contributed by atoms with E-state index in [-0.39, 0.29) is 0 Å². The van der Waals surface area contributed by atoms with Gasteiger partial charge in [-0.05, 0) is 45.5 Å². The van der Waals surface area contributed by atoms with Gasteiger partial charge in [-0.3, -0.25) is 0 Å². The molecule has 0 amide bonds. The highest BCUT2D eigenvalue weighted by Crippen LogP contribution is 2.39. The Labute approximate surface area is 153 Å². The number of nitriles is 1. The molecule has 0 aromatic heterocycles. The molecule has 1 nitrogen and oxygen atoms in total. The Bertz CT molecular complexity index is 1060. The van der Waals surface area contributed by atoms with Crippen molar-refractivity contribution >= 4 is 0 Å². The monoisotopic (exact) mass is 331 g/mol. The summed E-state index contributed by atoms with van der Waals surface area (Å²) < 4.78 is 0. The minimum Gasteiger partial charge on any atom is -0.192 e. The quantitative estimate of drug-likeness (QED) is 0.417. The highest BCUT2D eigenvalue weighted by Gasteiger charge is 2.13. The lowest BCUT2D eigenvalue weighted by Gasteiger charge is -2.16. The van der Waals surface area contributed by atoms with Crippen LogP contribution in [0, 0.1) is 11.3 Å². The molecule has 122 valence electrons. The summed E-state index contributed by atoms with van der Waals surface area (Å²) in [6, 6.07) is 37.3. The van der Waals surface area contributed by atoms with Crippen LogP contribution in [-0.4, -0.2) is 0 Å². The van der Waals surface area contributed by atoms with E-state index >= 15 is 0 Å². The first-order valence-electron chi connectivity index (χ1n) is 8.61. The van der Waals surface area contributed by atoms with Crippen molar-refractivity contribution < 1.29 is 0 Å². The molecule has 0 radical (unpaired) electrons. The maximum absolute atomic E-state index is 9.07. The molecule has 0 aliphatic heterocycles. The molecule has 0 N–H and O–H groups in total. The Balaban J connectivity index is 1.98. The van der Waals surface area contributed by atoms with Gasteiger partial charge in [-0.1, -0.05) is 91.0 Å². The van der Waals surface area contributed by atoms with Crippen LogP contribution in [0.1, 0.15) is 5.56 Å². The van der Waals surface area contributed by atoms with Crippen molar-refractivity contribution in [1.29, 1.82) is 5.26 Å². The normalized spacial score (nSPS) is 10.3. The number of hydrogen-bond donors (Lipinski definition) is 0. The number of nitrogens with zero attached hydrogens (tertiary/aromatic N) is 1. The van der Waals surface area contributed by atoms with Gasteiger partial charge in [0.25, 0.3) is 0 Å². The van der Waals surface area contributed by atoms with E-state index in [2.05, 4.69) is 72.8 Å². The van der Waals surface area contributed by atoms with Crippen LogP contribution in [-0.2, 0) is 0 Å². The third-order valence-electron chi connectivity index (χ3n) is 4.54. The van der Waals surface area contributed by atoms with Crippen molar-refractivity contribution in [2.24, 2.45) is 0 Å². The molecular formula is C25H17N. The molecule has 0 spiro atoms. The molecule has 0 unspecified atom stereocenters. The van der Waals surface area contributed by atoms with Crippen LogP contribution in [0.3, 0.4) is 0 Å². The molecule has 0 heterocycles. The summed E-state index contributed by atoms with van der Waals surface area (Å²) in [5.41, 5.74) is 7.76. The number of rotatable bonds is 3. The fraction of sp³-hybridized carbons (Fsp3) is 0. The molecule has 4 rings (SSSR count). The molecule has 1 heteroatoms. The molecule has 0 bridgehead atoms. The molecule has 0 fully saturated rings. The summed E-state index contributed by atoms with van der Waals surface area (Å²) in [7, 11) is 0. The third-order valence-corrected chi connectivity index (χ3v) is 4.54. The zero-order valence-electron chi connectivity index (χ0n) is 14.3. The lowest BCUT2D eigenvalue weighted by Crippen LogP contribution is -1.90. The van der Waals surface area contributed by atoms with Gasteiger partial charge in [0.1, 0.15) is 0 Å². The molecule has 0 atom stereocenters. The maximum Gasteiger partial charge on any atom is 0.0991 e. The highest BCUT2D eigenvalue weighted by molar-refractivity contribution is 5.94. The molecule has 0 aliphatic rings. The first-order valence-corrected chi connectivity index (χ1v) is 8.61. The summed E-state index contributed by atoms with van der Waals surface area (Å²) in [5.74, 6) is 0. The average Bonchev–Trinajstić information content (AvgIpc) is 2.74. The molecule has 4 aromatic rings. The zero-order chi connectivity index (χ0) is 17.8. The minimum atomic E-state index is 0.675. The van der Waals surface area contributed by atoms with Crippen LogP contribution in [0.4, 0.5) is 0 Å². The largest absolute Gasteiger partial charge is 0.192 e. The Hall–Kier alpha value is -3.63. The third kappa shape index (κ3) is 3.01. The Morgan fingerprint density at radius 2 is 0.962 bits per heavy atom. The van der Waals surface area contributed by atoms with Crippen molar-refractivity contribution in [2.75, 3.05) is 0 Å². The minimum absolute atomic E-state index is 0.675. The van der Waals surface area contributed by atoms with E-state index in [1.807, 2.05) is 36.4 Å². The van der Waals surface area contributed by atoms with Gasteiger partial charge in [-0.15, -0.1) is 0 Å². The van der Waals surface area contributed by atoms with Gasteiger partial charge in [0, 0.05) is 0 Å². The number of hydrogen-bond acceptors (Lipinski definition) is 1. The second-order valence-corrected chi connectivity index (χ2v) is 6.15. The van der Waals surface area contributed by atoms with E-state index in [0.717, 1.165) is 5.56 Å². The predicted molar refractivity (Wildman–Crippen MR) is 107 cm³/mol. The first kappa shape index (κ1) is 15.9. The second kappa shape index (κ2) is 7.09. The van der Waals surface area contributed by atoms with Gasteiger partial charge in [0.2, 0.25) is 0 Å². The zero-order valence-corrected chi connectivity index (χ0v) is 14.3. The van der Waals surface area contributed by atoms with E-state index in [0.29, 0.717) is 5.56 Å². The summed E-state index contributed by atoms with van der Waals surface area (Å²) in [4.78, 5) is 0. The van der Waals surface area contributed by atoms with Gasteiger partial charge in [-0.2, -0.15) is 5.26 Å². The first-order chi connectivity index (χ1) is 12.9. The SMILES string of the molecule is N#Cc1ccc(-c2cccc(-c3ccccc3)c2-c2ccccc2)cc1. The van der Waals surface area contributed by atoms with Crippen LogP contribution in [0.25, 0.3) is 33.4 Å². The molecular weight excluding hydrogens is 314 g/mol. The molecule has 0 saturated heterocycles. The summed E-state index contributed by atoms with van der Waals surface area (Å²) in [6.45, 7) is 0. The highest BCUT2D eigenvalue weighted by atomic mass is 14.2. The Kier molecular flexibility index (Phi) is 4.33. The second-order valence-electron chi connectivity index (χ2n) is 6.15. The summed E-state index contributed by atoms with van der Waals surface area (Å²) in [6.07, 6.45) is 0. The van der Waals surface area contributed by atoms with E-state index in [1.54, 1.807) is 0 Å². The van der Waals surface area contributed by atoms with Gasteiger partial charge in [0.05, 0.1) is 11.6 Å². The maximum atomic E-state index is 9.07. The van der Waals surface area contributed by atoms with E-state index in [1.165, 1.54) is 27.8 Å². The van der Waals surface area contributed by atoms with E-state index < -0.39 is 0 Å². The van der Waals surface area contributed by atoms with Crippen LogP contribution in [0.2, 0.25) is 0 Å². The topological polar surface area (TPSA) is 23.8 Å². The molecule has 26 heavy (non-hydrogen) atoms. The lowest BCUT2D eigenvalue weighted by molar-refractivity contribution is 1.48. The van der Waals surface area contributed by atoms with Crippen molar-refractivity contribution in [3.8, 4) is 39.4 Å². The van der Waals surface area contributed by atoms with Gasteiger partial charge >= 0.3 is 0 Å². The average molecular weight is 331 g/mol. The van der Waals surface area contributed by atoms with Crippen LogP contribution >= 0.6 is 0 Å². The van der Waals surface area contributed by atoms with E-state index in [9.17, 15) is 0 Å². The summed E-state index contributed by atoms with van der Waals surface area (Å²) >= 11 is 0. The van der Waals surface area contributed by atoms with Gasteiger partial charge in [-0.25, -0.2) is 0 Å². The standard InChI is InChI=1S/C25H17N/c26-18-19-14-16-21(17-15-19)24-13-7-12-23(20-8-3-1-4-9-20)25(24)22-10-5-2-6-11-22/h1-17H. The van der Waals surface area contributed by atoms with Crippen molar-refractivity contribution in [2.45, 2.75) is 0 Å².